The van der Waals surface area contributed by atoms with Crippen LogP contribution in [-0.2, 0) is 0 Å². The normalized spacial score (nSPS) is 20.1. The number of benzene rings is 1. The Hall–Kier alpha value is -1.66. The van der Waals surface area contributed by atoms with Crippen molar-refractivity contribution in [3.8, 4) is 0 Å². The summed E-state index contributed by atoms with van der Waals surface area (Å²) in [6.45, 7) is 2.63. The monoisotopic (exact) mass is 312 g/mol. The molecule has 1 amide bonds. The molecule has 0 spiro atoms. The highest BCUT2D eigenvalue weighted by Gasteiger charge is 2.31. The molecule has 0 aliphatic carbocycles. The van der Waals surface area contributed by atoms with Crippen molar-refractivity contribution in [1.82, 2.24) is 4.90 Å². The first-order valence-corrected chi connectivity index (χ1v) is 7.20. The fourth-order valence-electron chi connectivity index (χ4n) is 2.63. The summed E-state index contributed by atoms with van der Waals surface area (Å²) in [6.07, 6.45) is 1.12. The van der Waals surface area contributed by atoms with Gasteiger partial charge in [0.05, 0.1) is 11.0 Å². The summed E-state index contributed by atoms with van der Waals surface area (Å²) in [5.74, 6) is -0.407. The number of carbonyl (C=O) groups is 1. The molecule has 1 N–H and O–H groups in total. The molecule has 0 radical (unpaired) electrons. The van der Waals surface area contributed by atoms with E-state index in [1.807, 2.05) is 0 Å². The van der Waals surface area contributed by atoms with Crippen LogP contribution in [0.25, 0.3) is 0 Å². The predicted octanol–water partition coefficient (Wildman–Crippen LogP) is 2.48. The minimum Gasteiger partial charge on any atom is -0.393 e. The molecule has 114 valence electrons. The van der Waals surface area contributed by atoms with Crippen molar-refractivity contribution in [3.05, 3.63) is 38.9 Å². The molecule has 1 aromatic rings. The number of halogens is 1. The summed E-state index contributed by atoms with van der Waals surface area (Å²) in [5, 5.41) is 20.7. The Morgan fingerprint density at radius 1 is 1.57 bits per heavy atom. The molecule has 1 aromatic carbocycles. The number of hydrogen-bond donors (Lipinski definition) is 1. The molecule has 1 heterocycles. The van der Waals surface area contributed by atoms with Gasteiger partial charge in [-0.3, -0.25) is 14.9 Å². The second kappa shape index (κ2) is 6.41. The van der Waals surface area contributed by atoms with Crippen molar-refractivity contribution in [2.45, 2.75) is 25.9 Å². The topological polar surface area (TPSA) is 83.7 Å². The average Bonchev–Trinajstić information content (AvgIpc) is 2.45. The number of aliphatic hydroxyl groups excluding tert-OH is 1. The van der Waals surface area contributed by atoms with Crippen molar-refractivity contribution >= 4 is 23.2 Å². The molecule has 0 bridgehead atoms. The predicted molar refractivity (Wildman–Crippen MR) is 78.4 cm³/mol. The number of hydrogen-bond acceptors (Lipinski definition) is 4. The van der Waals surface area contributed by atoms with Gasteiger partial charge >= 0.3 is 5.69 Å². The van der Waals surface area contributed by atoms with Gasteiger partial charge in [0.2, 0.25) is 0 Å². The van der Waals surface area contributed by atoms with E-state index in [0.29, 0.717) is 13.1 Å². The maximum atomic E-state index is 12.5. The first-order chi connectivity index (χ1) is 9.91. The third kappa shape index (κ3) is 3.33. The number of aliphatic hydroxyl groups is 1. The molecule has 1 saturated heterocycles. The van der Waals surface area contributed by atoms with Gasteiger partial charge in [-0.25, -0.2) is 0 Å². The number of likely N-dealkylation sites (tertiary alicyclic amines) is 1. The van der Waals surface area contributed by atoms with Gasteiger partial charge in [-0.2, -0.15) is 0 Å². The number of piperidine rings is 1. The first-order valence-electron chi connectivity index (χ1n) is 6.82. The molecule has 7 heteroatoms. The molecule has 21 heavy (non-hydrogen) atoms. The number of para-hydroxylation sites is 1. The summed E-state index contributed by atoms with van der Waals surface area (Å²) in [6, 6.07) is 4.34. The van der Waals surface area contributed by atoms with E-state index in [9.17, 15) is 20.0 Å². The van der Waals surface area contributed by atoms with Crippen molar-refractivity contribution in [1.29, 1.82) is 0 Å². The quantitative estimate of drug-likeness (QED) is 0.686. The lowest BCUT2D eigenvalue weighted by Crippen LogP contribution is -2.43. The second-order valence-electron chi connectivity index (χ2n) is 5.29. The zero-order valence-corrected chi connectivity index (χ0v) is 12.4. The van der Waals surface area contributed by atoms with E-state index in [-0.39, 0.29) is 22.2 Å². The number of nitro groups is 1. The van der Waals surface area contributed by atoms with Crippen LogP contribution in [-0.4, -0.2) is 40.0 Å². The fourth-order valence-corrected chi connectivity index (χ4v) is 2.88. The molecule has 2 rings (SSSR count). The van der Waals surface area contributed by atoms with Crippen LogP contribution in [0.3, 0.4) is 0 Å². The van der Waals surface area contributed by atoms with Gasteiger partial charge in [-0.05, 0) is 31.9 Å². The Morgan fingerprint density at radius 3 is 2.90 bits per heavy atom. The van der Waals surface area contributed by atoms with Gasteiger partial charge in [0.25, 0.3) is 5.91 Å². The van der Waals surface area contributed by atoms with Crippen LogP contribution in [0.15, 0.2) is 18.2 Å². The Morgan fingerprint density at radius 2 is 2.29 bits per heavy atom. The molecule has 1 aliphatic rings. The lowest BCUT2D eigenvalue weighted by atomic mass is 9.93. The minimum atomic E-state index is -0.633. The van der Waals surface area contributed by atoms with Crippen LogP contribution in [0.1, 0.15) is 30.1 Å². The van der Waals surface area contributed by atoms with Crippen molar-refractivity contribution in [2.75, 3.05) is 13.1 Å². The van der Waals surface area contributed by atoms with Gasteiger partial charge in [0.15, 0.2) is 0 Å². The van der Waals surface area contributed by atoms with Gasteiger partial charge < -0.3 is 10.0 Å². The van der Waals surface area contributed by atoms with Gasteiger partial charge in [0, 0.05) is 19.0 Å². The standard InChI is InChI=1S/C14H17ClN2O4/c1-9(18)10-4-3-7-16(8-10)14(19)11-5-2-6-12(15)13(11)17(20)21/h2,5-6,9-10,18H,3-4,7-8H2,1H3. The number of nitro benzene ring substituents is 1. The molecule has 1 fully saturated rings. The SMILES string of the molecule is CC(O)C1CCCN(C(=O)c2cccc(Cl)c2[N+](=O)[O-])C1. The number of nitrogens with zero attached hydrogens (tertiary/aromatic N) is 2. The highest BCUT2D eigenvalue weighted by Crippen LogP contribution is 2.30. The summed E-state index contributed by atoms with van der Waals surface area (Å²) in [4.78, 5) is 24.6. The Kier molecular flexibility index (Phi) is 4.80. The highest BCUT2D eigenvalue weighted by molar-refractivity contribution is 6.33. The van der Waals surface area contributed by atoms with Gasteiger partial charge in [-0.15, -0.1) is 0 Å². The molecular formula is C14H17ClN2O4. The van der Waals surface area contributed by atoms with E-state index in [2.05, 4.69) is 0 Å². The molecular weight excluding hydrogens is 296 g/mol. The summed E-state index contributed by atoms with van der Waals surface area (Å²) < 4.78 is 0. The summed E-state index contributed by atoms with van der Waals surface area (Å²) in [5.41, 5.74) is -0.359. The zero-order valence-electron chi connectivity index (χ0n) is 11.7. The van der Waals surface area contributed by atoms with Crippen molar-refractivity contribution in [3.63, 3.8) is 0 Å². The lowest BCUT2D eigenvalue weighted by molar-refractivity contribution is -0.385. The summed E-state index contributed by atoms with van der Waals surface area (Å²) >= 11 is 5.83. The van der Waals surface area contributed by atoms with E-state index in [1.165, 1.54) is 18.2 Å². The van der Waals surface area contributed by atoms with Crippen molar-refractivity contribution < 1.29 is 14.8 Å². The van der Waals surface area contributed by atoms with Gasteiger partial charge in [-0.1, -0.05) is 17.7 Å². The van der Waals surface area contributed by atoms with Crippen LogP contribution < -0.4 is 0 Å². The smallest absolute Gasteiger partial charge is 0.300 e. The van der Waals surface area contributed by atoms with Gasteiger partial charge in [0.1, 0.15) is 10.6 Å². The largest absolute Gasteiger partial charge is 0.393 e. The third-order valence-corrected chi connectivity index (χ3v) is 4.13. The molecule has 6 nitrogen and oxygen atoms in total. The van der Waals surface area contributed by atoms with Crippen LogP contribution in [0.2, 0.25) is 5.02 Å². The van der Waals surface area contributed by atoms with Crippen molar-refractivity contribution in [2.24, 2.45) is 5.92 Å². The highest BCUT2D eigenvalue weighted by atomic mass is 35.5. The van der Waals surface area contributed by atoms with E-state index in [1.54, 1.807) is 11.8 Å². The number of rotatable bonds is 3. The van der Waals surface area contributed by atoms with Crippen LogP contribution in [0.5, 0.6) is 0 Å². The Bertz CT molecular complexity index is 562. The van der Waals surface area contributed by atoms with Crippen LogP contribution in [0.4, 0.5) is 5.69 Å². The van der Waals surface area contributed by atoms with E-state index in [4.69, 9.17) is 11.6 Å². The third-order valence-electron chi connectivity index (χ3n) is 3.83. The van der Waals surface area contributed by atoms with E-state index in [0.717, 1.165) is 12.8 Å². The molecule has 2 unspecified atom stereocenters. The second-order valence-corrected chi connectivity index (χ2v) is 5.69. The minimum absolute atomic E-state index is 0.000871. The van der Waals surface area contributed by atoms with Crippen LogP contribution >= 0.6 is 11.6 Å². The Labute approximate surface area is 127 Å². The average molecular weight is 313 g/mol. The first kappa shape index (κ1) is 15.7. The van der Waals surface area contributed by atoms with E-state index < -0.39 is 16.9 Å². The maximum absolute atomic E-state index is 12.5. The number of amides is 1. The number of carbonyl (C=O) groups excluding carboxylic acids is 1. The molecule has 1 aliphatic heterocycles. The molecule has 0 saturated carbocycles. The fraction of sp³-hybridized carbons (Fsp3) is 0.500. The Balaban J connectivity index is 2.28. The van der Waals surface area contributed by atoms with Crippen LogP contribution in [0, 0.1) is 16.0 Å². The molecule has 2 atom stereocenters. The molecule has 0 aromatic heterocycles. The zero-order chi connectivity index (χ0) is 15.6. The lowest BCUT2D eigenvalue weighted by Gasteiger charge is -2.34. The summed E-state index contributed by atoms with van der Waals surface area (Å²) in [7, 11) is 0. The van der Waals surface area contributed by atoms with E-state index >= 15 is 0 Å². The maximum Gasteiger partial charge on any atom is 0.300 e.